The Bertz CT molecular complexity index is 907. The molecule has 0 spiro atoms. The van der Waals surface area contributed by atoms with Gasteiger partial charge in [-0.2, -0.15) is 0 Å². The fourth-order valence-electron chi connectivity index (χ4n) is 3.44. The molecule has 2 aromatic rings. The summed E-state index contributed by atoms with van der Waals surface area (Å²) in [4.78, 5) is 39.5. The number of nitrogens with zero attached hydrogens (tertiary/aromatic N) is 3. The van der Waals surface area contributed by atoms with Crippen LogP contribution in [0.2, 0.25) is 0 Å². The van der Waals surface area contributed by atoms with E-state index in [1.165, 1.54) is 17.4 Å². The van der Waals surface area contributed by atoms with Crippen LogP contribution in [0.15, 0.2) is 33.9 Å². The van der Waals surface area contributed by atoms with Gasteiger partial charge in [-0.15, -0.1) is 0 Å². The summed E-state index contributed by atoms with van der Waals surface area (Å²) in [5.41, 5.74) is -0.337. The predicted octanol–water partition coefficient (Wildman–Crippen LogP) is 0.548. The van der Waals surface area contributed by atoms with Gasteiger partial charge in [0.1, 0.15) is 6.54 Å². The molecule has 0 radical (unpaired) electrons. The Morgan fingerprint density at radius 1 is 1.19 bits per heavy atom. The maximum atomic E-state index is 12.6. The quantitative estimate of drug-likeness (QED) is 0.847. The number of benzene rings is 1. The largest absolute Gasteiger partial charge is 0.353 e. The lowest BCUT2D eigenvalue weighted by Gasteiger charge is -2.30. The first kappa shape index (κ1) is 18.4. The summed E-state index contributed by atoms with van der Waals surface area (Å²) in [5.74, 6) is 0.460. The monoisotopic (exact) mass is 358 g/mol. The number of hydrogen-bond donors (Lipinski definition) is 1. The lowest BCUT2D eigenvalue weighted by molar-refractivity contribution is -0.121. The van der Waals surface area contributed by atoms with Gasteiger partial charge in [0.2, 0.25) is 5.91 Å². The Morgan fingerprint density at radius 3 is 2.62 bits per heavy atom. The average molecular weight is 358 g/mol. The second-order valence-electron chi connectivity index (χ2n) is 7.12. The SMILES string of the molecule is CC1CCN(CCNC(=O)Cn2c(=O)c3ccccc3n(C)c2=O)CC1. The van der Waals surface area contributed by atoms with Crippen LogP contribution in [0, 0.1) is 5.92 Å². The number of nitrogens with one attached hydrogen (secondary N) is 1. The maximum Gasteiger partial charge on any atom is 0.331 e. The Balaban J connectivity index is 1.64. The first-order valence-electron chi connectivity index (χ1n) is 9.15. The highest BCUT2D eigenvalue weighted by atomic mass is 16.2. The molecule has 1 amide bonds. The van der Waals surface area contributed by atoms with Crippen LogP contribution in [-0.2, 0) is 18.4 Å². The van der Waals surface area contributed by atoms with Gasteiger partial charge in [0, 0.05) is 20.1 Å². The van der Waals surface area contributed by atoms with E-state index < -0.39 is 11.2 Å². The molecule has 26 heavy (non-hydrogen) atoms. The normalized spacial score (nSPS) is 16.1. The van der Waals surface area contributed by atoms with Crippen molar-refractivity contribution in [3.63, 3.8) is 0 Å². The number of hydrogen-bond acceptors (Lipinski definition) is 4. The van der Waals surface area contributed by atoms with E-state index in [4.69, 9.17) is 0 Å². The molecule has 7 nitrogen and oxygen atoms in total. The standard InChI is InChI=1S/C19H26N4O3/c1-14-7-10-22(11-8-14)12-9-20-17(24)13-23-18(25)15-5-3-4-6-16(15)21(2)19(23)26/h3-6,14H,7-13H2,1-2H3,(H,20,24). The van der Waals surface area contributed by atoms with Crippen molar-refractivity contribution in [2.45, 2.75) is 26.3 Å². The lowest BCUT2D eigenvalue weighted by atomic mass is 9.99. The van der Waals surface area contributed by atoms with Crippen molar-refractivity contribution in [2.75, 3.05) is 26.2 Å². The molecule has 1 aromatic carbocycles. The summed E-state index contributed by atoms with van der Waals surface area (Å²) in [6, 6.07) is 6.92. The molecule has 0 atom stereocenters. The van der Waals surface area contributed by atoms with E-state index in [2.05, 4.69) is 17.1 Å². The molecule has 0 aliphatic carbocycles. The molecular formula is C19H26N4O3. The minimum absolute atomic E-state index is 0.257. The van der Waals surface area contributed by atoms with Crippen LogP contribution in [0.4, 0.5) is 0 Å². The highest BCUT2D eigenvalue weighted by molar-refractivity contribution is 5.79. The minimum Gasteiger partial charge on any atom is -0.353 e. The second-order valence-corrected chi connectivity index (χ2v) is 7.12. The molecule has 140 valence electrons. The third-order valence-electron chi connectivity index (χ3n) is 5.19. The number of para-hydroxylation sites is 1. The molecule has 0 unspecified atom stereocenters. The Hall–Kier alpha value is -2.41. The molecule has 2 heterocycles. The van der Waals surface area contributed by atoms with Crippen molar-refractivity contribution >= 4 is 16.8 Å². The predicted molar refractivity (Wildman–Crippen MR) is 101 cm³/mol. The summed E-state index contributed by atoms with van der Waals surface area (Å²) in [6.45, 7) is 5.44. The topological polar surface area (TPSA) is 76.3 Å². The molecule has 1 aromatic heterocycles. The fraction of sp³-hybridized carbons (Fsp3) is 0.526. The zero-order valence-corrected chi connectivity index (χ0v) is 15.4. The van der Waals surface area contributed by atoms with E-state index >= 15 is 0 Å². The third kappa shape index (κ3) is 3.88. The van der Waals surface area contributed by atoms with Gasteiger partial charge < -0.3 is 10.2 Å². The van der Waals surface area contributed by atoms with Gasteiger partial charge in [0.25, 0.3) is 5.56 Å². The van der Waals surface area contributed by atoms with Crippen LogP contribution in [0.25, 0.3) is 10.9 Å². The molecule has 3 rings (SSSR count). The number of amides is 1. The number of aryl methyl sites for hydroxylation is 1. The molecule has 7 heteroatoms. The Labute approximate surface area is 152 Å². The second kappa shape index (κ2) is 7.86. The number of rotatable bonds is 5. The van der Waals surface area contributed by atoms with Crippen molar-refractivity contribution in [1.29, 1.82) is 0 Å². The van der Waals surface area contributed by atoms with Gasteiger partial charge in [-0.1, -0.05) is 19.1 Å². The molecule has 0 saturated carbocycles. The minimum atomic E-state index is -0.478. The zero-order chi connectivity index (χ0) is 18.7. The van der Waals surface area contributed by atoms with Gasteiger partial charge in [-0.25, -0.2) is 4.79 Å². The van der Waals surface area contributed by atoms with Gasteiger partial charge >= 0.3 is 5.69 Å². The van der Waals surface area contributed by atoms with Crippen molar-refractivity contribution in [2.24, 2.45) is 13.0 Å². The summed E-state index contributed by atoms with van der Waals surface area (Å²) < 4.78 is 2.40. The highest BCUT2D eigenvalue weighted by Crippen LogP contribution is 2.15. The number of carbonyl (C=O) groups excluding carboxylic acids is 1. The Morgan fingerprint density at radius 2 is 1.88 bits per heavy atom. The molecule has 1 aliphatic heterocycles. The first-order valence-corrected chi connectivity index (χ1v) is 9.15. The van der Waals surface area contributed by atoms with Crippen molar-refractivity contribution in [3.8, 4) is 0 Å². The van der Waals surface area contributed by atoms with E-state index in [9.17, 15) is 14.4 Å². The Kier molecular flexibility index (Phi) is 5.56. The van der Waals surface area contributed by atoms with E-state index in [1.807, 2.05) is 0 Å². The van der Waals surface area contributed by atoms with E-state index in [1.54, 1.807) is 31.3 Å². The average Bonchev–Trinajstić information content (AvgIpc) is 2.65. The third-order valence-corrected chi connectivity index (χ3v) is 5.19. The van der Waals surface area contributed by atoms with Crippen LogP contribution >= 0.6 is 0 Å². The number of aromatic nitrogens is 2. The smallest absolute Gasteiger partial charge is 0.331 e. The molecule has 1 aliphatic rings. The number of likely N-dealkylation sites (tertiary alicyclic amines) is 1. The molecule has 1 N–H and O–H groups in total. The lowest BCUT2D eigenvalue weighted by Crippen LogP contribution is -2.44. The molecular weight excluding hydrogens is 332 g/mol. The van der Waals surface area contributed by atoms with Crippen LogP contribution in [0.3, 0.4) is 0 Å². The van der Waals surface area contributed by atoms with Gasteiger partial charge in [0.05, 0.1) is 10.9 Å². The van der Waals surface area contributed by atoms with Crippen LogP contribution in [0.1, 0.15) is 19.8 Å². The van der Waals surface area contributed by atoms with Crippen molar-refractivity contribution in [1.82, 2.24) is 19.4 Å². The van der Waals surface area contributed by atoms with Crippen molar-refractivity contribution < 1.29 is 4.79 Å². The summed E-state index contributed by atoms with van der Waals surface area (Å²) in [6.07, 6.45) is 2.38. The van der Waals surface area contributed by atoms with Crippen LogP contribution in [-0.4, -0.2) is 46.1 Å². The number of carbonyl (C=O) groups is 1. The fourth-order valence-corrected chi connectivity index (χ4v) is 3.44. The molecule has 1 fully saturated rings. The number of piperidine rings is 1. The number of fused-ring (bicyclic) bond motifs is 1. The van der Waals surface area contributed by atoms with Gasteiger partial charge in [0.15, 0.2) is 0 Å². The van der Waals surface area contributed by atoms with Crippen molar-refractivity contribution in [3.05, 3.63) is 45.1 Å². The maximum absolute atomic E-state index is 12.6. The van der Waals surface area contributed by atoms with Gasteiger partial charge in [-0.05, 0) is 44.0 Å². The summed E-state index contributed by atoms with van der Waals surface area (Å²) in [7, 11) is 1.61. The van der Waals surface area contributed by atoms with Crippen LogP contribution in [0.5, 0.6) is 0 Å². The van der Waals surface area contributed by atoms with E-state index in [0.717, 1.165) is 30.1 Å². The summed E-state index contributed by atoms with van der Waals surface area (Å²) in [5, 5.41) is 3.26. The molecule has 0 bridgehead atoms. The molecule has 1 saturated heterocycles. The van der Waals surface area contributed by atoms with E-state index in [0.29, 0.717) is 17.4 Å². The highest BCUT2D eigenvalue weighted by Gasteiger charge is 2.16. The van der Waals surface area contributed by atoms with Gasteiger partial charge in [-0.3, -0.25) is 18.7 Å². The van der Waals surface area contributed by atoms with E-state index in [-0.39, 0.29) is 12.5 Å². The zero-order valence-electron chi connectivity index (χ0n) is 15.4. The van der Waals surface area contributed by atoms with Crippen LogP contribution < -0.4 is 16.6 Å². The first-order chi connectivity index (χ1) is 12.5. The summed E-state index contributed by atoms with van der Waals surface area (Å²) >= 11 is 0.